The van der Waals surface area contributed by atoms with Crippen molar-refractivity contribution >= 4 is 0 Å². The standard InChI is InChI=1S/C44H67F3N6/c1-30(28-43(8,9)10)49-42(38-22-17-14-18-23-38)36(7)53-27-19-24-40(53)34(5)51-39(25-26-44(45,46)47)32(3)33(4)48-29-31(2)50-41(35(6)52(11)12)37-20-15-13-16-21-37/h13,15-16,20-21,38-42,48-51H,1-7,14,17-19,22-29H2,8-12H3. The Labute approximate surface area is 319 Å². The molecule has 0 spiro atoms. The topological polar surface area (TPSA) is 54.6 Å². The summed E-state index contributed by atoms with van der Waals surface area (Å²) in [6.45, 7) is 38.0. The third-order valence-electron chi connectivity index (χ3n) is 10.4. The van der Waals surface area contributed by atoms with E-state index in [-0.39, 0.29) is 30.0 Å². The molecule has 0 radical (unpaired) electrons. The number of nitrogens with one attached hydrogen (secondary N) is 4. The number of likely N-dealkylation sites (tertiary alicyclic amines) is 1. The first-order valence-electron chi connectivity index (χ1n) is 19.2. The maximum atomic E-state index is 13.6. The lowest BCUT2D eigenvalue weighted by molar-refractivity contribution is -0.136. The molecule has 9 heteroatoms. The van der Waals surface area contributed by atoms with Crippen LogP contribution in [0, 0.1) is 11.3 Å². The number of likely N-dealkylation sites (N-methyl/N-ethyl adjacent to an activating group) is 1. The van der Waals surface area contributed by atoms with Gasteiger partial charge in [0.05, 0.1) is 30.7 Å². The van der Waals surface area contributed by atoms with Crippen molar-refractivity contribution in [3.05, 3.63) is 122 Å². The number of hydrogen-bond acceptors (Lipinski definition) is 6. The van der Waals surface area contributed by atoms with Gasteiger partial charge in [0.15, 0.2) is 0 Å². The molecule has 1 saturated heterocycles. The molecule has 2 fully saturated rings. The van der Waals surface area contributed by atoms with Crippen molar-refractivity contribution in [2.75, 3.05) is 27.2 Å². The third-order valence-corrected chi connectivity index (χ3v) is 10.4. The van der Waals surface area contributed by atoms with Gasteiger partial charge in [-0.3, -0.25) is 0 Å². The highest BCUT2D eigenvalue weighted by Crippen LogP contribution is 2.36. The summed E-state index contributed by atoms with van der Waals surface area (Å²) in [7, 11) is 3.87. The number of alkyl halides is 3. The van der Waals surface area contributed by atoms with Crippen LogP contribution in [0.25, 0.3) is 0 Å². The Bertz CT molecular complexity index is 1450. The van der Waals surface area contributed by atoms with Gasteiger partial charge in [0, 0.05) is 61.2 Å². The smallest absolute Gasteiger partial charge is 0.380 e. The van der Waals surface area contributed by atoms with Gasteiger partial charge in [0.1, 0.15) is 0 Å². The van der Waals surface area contributed by atoms with Gasteiger partial charge >= 0.3 is 6.18 Å². The largest absolute Gasteiger partial charge is 0.389 e. The summed E-state index contributed by atoms with van der Waals surface area (Å²) in [6, 6.07) is 8.93. The average molecular weight is 737 g/mol. The number of nitrogens with zero attached hydrogens (tertiary/aromatic N) is 2. The number of halogens is 3. The molecule has 4 unspecified atom stereocenters. The Kier molecular flexibility index (Phi) is 15.8. The van der Waals surface area contributed by atoms with Crippen molar-refractivity contribution in [1.29, 1.82) is 0 Å². The predicted molar refractivity (Wildman–Crippen MR) is 217 cm³/mol. The fraction of sp³-hybridized carbons (Fsp3) is 0.545. The Balaban J connectivity index is 1.73. The fourth-order valence-corrected chi connectivity index (χ4v) is 7.52. The summed E-state index contributed by atoms with van der Waals surface area (Å²) in [5.74, 6) is 0.442. The van der Waals surface area contributed by atoms with Crippen molar-refractivity contribution in [2.24, 2.45) is 11.3 Å². The van der Waals surface area contributed by atoms with Gasteiger partial charge in [0.2, 0.25) is 0 Å². The highest BCUT2D eigenvalue weighted by Gasteiger charge is 2.36. The summed E-state index contributed by atoms with van der Waals surface area (Å²) in [5.41, 5.74) is 6.22. The predicted octanol–water partition coefficient (Wildman–Crippen LogP) is 9.85. The highest BCUT2D eigenvalue weighted by atomic mass is 19.4. The summed E-state index contributed by atoms with van der Waals surface area (Å²) in [4.78, 5) is 4.26. The Hall–Kier alpha value is -4.01. The molecular weight excluding hydrogens is 670 g/mol. The molecule has 1 aromatic carbocycles. The average Bonchev–Trinajstić information content (AvgIpc) is 3.59. The van der Waals surface area contributed by atoms with Crippen molar-refractivity contribution in [3.63, 3.8) is 0 Å². The first-order valence-corrected chi connectivity index (χ1v) is 19.2. The zero-order valence-electron chi connectivity index (χ0n) is 33.2. The molecule has 1 heterocycles. The van der Waals surface area contributed by atoms with Crippen LogP contribution in [0.3, 0.4) is 0 Å². The highest BCUT2D eigenvalue weighted by molar-refractivity contribution is 5.33. The molecule has 1 aliphatic heterocycles. The van der Waals surface area contributed by atoms with Crippen LogP contribution in [0.2, 0.25) is 0 Å². The zero-order valence-corrected chi connectivity index (χ0v) is 33.2. The number of benzene rings is 1. The number of hydrogen-bond donors (Lipinski definition) is 4. The van der Waals surface area contributed by atoms with Crippen molar-refractivity contribution in [2.45, 2.75) is 115 Å². The van der Waals surface area contributed by atoms with E-state index >= 15 is 0 Å². The summed E-state index contributed by atoms with van der Waals surface area (Å²) >= 11 is 0. The first kappa shape index (κ1) is 43.4. The molecule has 1 aromatic rings. The van der Waals surface area contributed by atoms with E-state index in [4.69, 9.17) is 0 Å². The minimum atomic E-state index is -4.32. The molecule has 2 aliphatic rings. The minimum absolute atomic E-state index is 0.0385. The van der Waals surface area contributed by atoms with E-state index in [2.05, 4.69) is 93.0 Å². The third kappa shape index (κ3) is 13.7. The first-order chi connectivity index (χ1) is 24.8. The van der Waals surface area contributed by atoms with Gasteiger partial charge in [-0.15, -0.1) is 0 Å². The van der Waals surface area contributed by atoms with Gasteiger partial charge in [-0.05, 0) is 61.0 Å². The number of allylic oxidation sites excluding steroid dienone is 1. The maximum Gasteiger partial charge on any atom is 0.389 e. The lowest BCUT2D eigenvalue weighted by atomic mass is 9.81. The van der Waals surface area contributed by atoms with Gasteiger partial charge in [-0.25, -0.2) is 0 Å². The molecule has 3 rings (SSSR count). The molecule has 0 amide bonds. The second-order valence-corrected chi connectivity index (χ2v) is 16.4. The summed E-state index contributed by atoms with van der Waals surface area (Å²) in [6.07, 6.45) is 3.03. The van der Waals surface area contributed by atoms with E-state index in [0.29, 0.717) is 35.1 Å². The van der Waals surface area contributed by atoms with Crippen LogP contribution in [0.5, 0.6) is 0 Å². The zero-order chi connectivity index (χ0) is 39.5. The second kappa shape index (κ2) is 19.4. The molecular formula is C44H67F3N6. The molecule has 0 bridgehead atoms. The van der Waals surface area contributed by atoms with Crippen molar-refractivity contribution in [3.8, 4) is 0 Å². The summed E-state index contributed by atoms with van der Waals surface area (Å²) in [5, 5.41) is 13.9. The van der Waals surface area contributed by atoms with E-state index in [1.165, 1.54) is 19.3 Å². The van der Waals surface area contributed by atoms with Crippen LogP contribution in [-0.2, 0) is 0 Å². The Morgan fingerprint density at radius 1 is 0.849 bits per heavy atom. The van der Waals surface area contributed by atoms with Crippen molar-refractivity contribution < 1.29 is 13.2 Å². The van der Waals surface area contributed by atoms with Crippen molar-refractivity contribution in [1.82, 2.24) is 31.1 Å². The monoisotopic (exact) mass is 737 g/mol. The van der Waals surface area contributed by atoms with Crippen LogP contribution in [0.15, 0.2) is 116 Å². The lowest BCUT2D eigenvalue weighted by Crippen LogP contribution is -2.47. The van der Waals surface area contributed by atoms with Crippen LogP contribution in [0.4, 0.5) is 13.2 Å². The quantitative estimate of drug-likeness (QED) is 0.0944. The molecule has 1 aliphatic carbocycles. The second-order valence-electron chi connectivity index (χ2n) is 16.4. The lowest BCUT2D eigenvalue weighted by Gasteiger charge is -2.41. The molecule has 6 nitrogen and oxygen atoms in total. The van der Waals surface area contributed by atoms with Crippen LogP contribution in [0.1, 0.15) is 96.6 Å². The van der Waals surface area contributed by atoms with Crippen LogP contribution < -0.4 is 21.3 Å². The molecule has 294 valence electrons. The Morgan fingerprint density at radius 3 is 2.08 bits per heavy atom. The molecule has 53 heavy (non-hydrogen) atoms. The Morgan fingerprint density at radius 2 is 1.49 bits per heavy atom. The van der Waals surface area contributed by atoms with E-state index in [9.17, 15) is 13.2 Å². The van der Waals surface area contributed by atoms with Gasteiger partial charge < -0.3 is 31.1 Å². The van der Waals surface area contributed by atoms with E-state index < -0.39 is 18.6 Å². The molecule has 0 aromatic heterocycles. The van der Waals surface area contributed by atoms with E-state index in [1.54, 1.807) is 0 Å². The van der Waals surface area contributed by atoms with Crippen LogP contribution >= 0.6 is 0 Å². The molecule has 4 atom stereocenters. The van der Waals surface area contributed by atoms with Gasteiger partial charge in [0.25, 0.3) is 0 Å². The van der Waals surface area contributed by atoms with Crippen LogP contribution in [-0.4, -0.2) is 61.3 Å². The normalized spacial score (nSPS) is 18.3. The van der Waals surface area contributed by atoms with E-state index in [1.807, 2.05) is 49.3 Å². The van der Waals surface area contributed by atoms with Gasteiger partial charge in [-0.1, -0.05) is 116 Å². The molecule has 1 saturated carbocycles. The molecule has 4 N–H and O–H groups in total. The van der Waals surface area contributed by atoms with Gasteiger partial charge in [-0.2, -0.15) is 13.2 Å². The maximum absolute atomic E-state index is 13.6. The fourth-order valence-electron chi connectivity index (χ4n) is 7.52. The van der Waals surface area contributed by atoms with E-state index in [0.717, 1.165) is 61.3 Å². The number of rotatable bonds is 21. The summed E-state index contributed by atoms with van der Waals surface area (Å²) < 4.78 is 40.8. The minimum Gasteiger partial charge on any atom is -0.380 e. The SMILES string of the molecule is C=C(CNC(=C)C(=C)C(CCC(F)(F)F)NC(=C)C1CCCN1C(=C)C(NC(=C)CC(C)(C)C)C1CCCCC1)NC(C(=C)N(C)C)c1ccccc1.